The van der Waals surface area contributed by atoms with Crippen LogP contribution in [0.3, 0.4) is 0 Å². The lowest BCUT2D eigenvalue weighted by atomic mass is 10.2. The summed E-state index contributed by atoms with van der Waals surface area (Å²) in [5.41, 5.74) is 1.81. The quantitative estimate of drug-likeness (QED) is 0.621. The van der Waals surface area contributed by atoms with Gasteiger partial charge < -0.3 is 5.10 Å². The van der Waals surface area contributed by atoms with Gasteiger partial charge >= 0.3 is 6.15 Å². The van der Waals surface area contributed by atoms with E-state index in [1.165, 1.54) is 0 Å². The highest BCUT2D eigenvalue weighted by molar-refractivity contribution is 5.20. The van der Waals surface area contributed by atoms with Crippen molar-refractivity contribution in [3.8, 4) is 0 Å². The van der Waals surface area contributed by atoms with Crippen molar-refractivity contribution in [2.24, 2.45) is 0 Å². The predicted molar refractivity (Wildman–Crippen MR) is 40.5 cm³/mol. The van der Waals surface area contributed by atoms with Gasteiger partial charge in [-0.15, -0.1) is 0 Å². The molecule has 0 aliphatic carbocycles. The standard InChI is InChI=1S/C6H10N2O.CO2/c1-3-5-4(2)7-8-6(5)9;2-1-3/h3H2,1-2H3,(H2,7,8,9);. The molecule has 5 heteroatoms. The lowest BCUT2D eigenvalue weighted by molar-refractivity contribution is -0.191. The Kier molecular flexibility index (Phi) is 4.41. The van der Waals surface area contributed by atoms with Gasteiger partial charge in [0, 0.05) is 11.3 Å². The van der Waals surface area contributed by atoms with Crippen LogP contribution in [0.4, 0.5) is 0 Å². The van der Waals surface area contributed by atoms with Gasteiger partial charge in [0.25, 0.3) is 5.56 Å². The van der Waals surface area contributed by atoms with Gasteiger partial charge in [0.2, 0.25) is 0 Å². The molecule has 0 amide bonds. The molecule has 2 N–H and O–H groups in total. The van der Waals surface area contributed by atoms with Crippen LogP contribution in [0.1, 0.15) is 18.2 Å². The van der Waals surface area contributed by atoms with Crippen LogP contribution in [-0.2, 0) is 16.0 Å². The van der Waals surface area contributed by atoms with Crippen LogP contribution >= 0.6 is 0 Å². The van der Waals surface area contributed by atoms with Gasteiger partial charge in [-0.05, 0) is 13.3 Å². The van der Waals surface area contributed by atoms with Crippen LogP contribution in [-0.4, -0.2) is 16.3 Å². The monoisotopic (exact) mass is 170 g/mol. The normalized spacial score (nSPS) is 8.17. The maximum atomic E-state index is 10.8. The molecule has 1 aromatic heterocycles. The smallest absolute Gasteiger partial charge is 0.302 e. The second kappa shape index (κ2) is 5.09. The van der Waals surface area contributed by atoms with Crippen LogP contribution in [0.25, 0.3) is 0 Å². The summed E-state index contributed by atoms with van der Waals surface area (Å²) in [6.07, 6.45) is 1.05. The molecule has 1 rings (SSSR count). The van der Waals surface area contributed by atoms with Crippen molar-refractivity contribution in [1.29, 1.82) is 0 Å². The summed E-state index contributed by atoms with van der Waals surface area (Å²) >= 11 is 0. The number of aromatic amines is 2. The van der Waals surface area contributed by atoms with E-state index in [0.29, 0.717) is 0 Å². The van der Waals surface area contributed by atoms with Crippen LogP contribution in [0.5, 0.6) is 0 Å². The van der Waals surface area contributed by atoms with E-state index < -0.39 is 0 Å². The largest absolute Gasteiger partial charge is 0.373 e. The van der Waals surface area contributed by atoms with E-state index in [4.69, 9.17) is 9.59 Å². The van der Waals surface area contributed by atoms with Crippen molar-refractivity contribution in [3.05, 3.63) is 21.6 Å². The highest BCUT2D eigenvalue weighted by Crippen LogP contribution is 1.95. The second-order valence-corrected chi connectivity index (χ2v) is 2.12. The first-order chi connectivity index (χ1) is 5.67. The lowest BCUT2D eigenvalue weighted by Gasteiger charge is -1.85. The SMILES string of the molecule is CCc1c(C)[nH][nH]c1=O.O=C=O. The van der Waals surface area contributed by atoms with Crippen LogP contribution in [0, 0.1) is 6.92 Å². The van der Waals surface area contributed by atoms with Gasteiger partial charge in [0.05, 0.1) is 0 Å². The molecule has 0 aromatic carbocycles. The molecule has 1 heterocycles. The van der Waals surface area contributed by atoms with Crippen molar-refractivity contribution in [3.63, 3.8) is 0 Å². The minimum Gasteiger partial charge on any atom is -0.302 e. The van der Waals surface area contributed by atoms with E-state index in [-0.39, 0.29) is 11.7 Å². The maximum absolute atomic E-state index is 10.8. The molecule has 0 aliphatic heterocycles. The maximum Gasteiger partial charge on any atom is 0.373 e. The lowest BCUT2D eigenvalue weighted by Crippen LogP contribution is -2.04. The third-order valence-electron chi connectivity index (χ3n) is 1.44. The molecule has 0 radical (unpaired) electrons. The summed E-state index contributed by atoms with van der Waals surface area (Å²) in [6, 6.07) is 0. The fourth-order valence-electron chi connectivity index (χ4n) is 0.897. The van der Waals surface area contributed by atoms with Gasteiger partial charge in [0.15, 0.2) is 0 Å². The minimum absolute atomic E-state index is 0.00926. The summed E-state index contributed by atoms with van der Waals surface area (Å²) in [6.45, 7) is 3.85. The van der Waals surface area contributed by atoms with E-state index in [0.717, 1.165) is 17.7 Å². The number of hydrogen-bond donors (Lipinski definition) is 2. The van der Waals surface area contributed by atoms with Crippen LogP contribution in [0.15, 0.2) is 4.79 Å². The molecular weight excluding hydrogens is 160 g/mol. The fourth-order valence-corrected chi connectivity index (χ4v) is 0.897. The van der Waals surface area contributed by atoms with Crippen LogP contribution < -0.4 is 5.56 Å². The Balaban J connectivity index is 0.000000354. The molecule has 0 bridgehead atoms. The second-order valence-electron chi connectivity index (χ2n) is 2.12. The summed E-state index contributed by atoms with van der Waals surface area (Å²) in [5.74, 6) is 0. The molecule has 0 saturated carbocycles. The van der Waals surface area contributed by atoms with Crippen molar-refractivity contribution >= 4 is 6.15 Å². The Hall–Kier alpha value is -1.61. The van der Waals surface area contributed by atoms with Gasteiger partial charge in [-0.3, -0.25) is 9.89 Å². The number of H-pyrrole nitrogens is 2. The molecule has 0 unspecified atom stereocenters. The number of rotatable bonds is 1. The van der Waals surface area contributed by atoms with E-state index >= 15 is 0 Å². The molecule has 0 atom stereocenters. The summed E-state index contributed by atoms with van der Waals surface area (Å²) in [4.78, 5) is 27.0. The molecular formula is C7H10N2O3. The third-order valence-corrected chi connectivity index (χ3v) is 1.44. The molecule has 5 nitrogen and oxygen atoms in total. The molecule has 0 spiro atoms. The highest BCUT2D eigenvalue weighted by atomic mass is 16.2. The van der Waals surface area contributed by atoms with Crippen molar-refractivity contribution < 1.29 is 9.59 Å². The van der Waals surface area contributed by atoms with Gasteiger partial charge in [-0.2, -0.15) is 9.59 Å². The van der Waals surface area contributed by atoms with Crippen molar-refractivity contribution in [2.75, 3.05) is 0 Å². The first kappa shape index (κ1) is 10.4. The highest BCUT2D eigenvalue weighted by Gasteiger charge is 2.00. The third kappa shape index (κ3) is 2.56. The zero-order chi connectivity index (χ0) is 9.56. The molecule has 66 valence electrons. The van der Waals surface area contributed by atoms with Gasteiger partial charge in [0.1, 0.15) is 0 Å². The van der Waals surface area contributed by atoms with Crippen molar-refractivity contribution in [2.45, 2.75) is 20.3 Å². The molecule has 0 saturated heterocycles. The first-order valence-corrected chi connectivity index (χ1v) is 3.42. The fraction of sp³-hybridized carbons (Fsp3) is 0.429. The molecule has 12 heavy (non-hydrogen) atoms. The summed E-state index contributed by atoms with van der Waals surface area (Å²) in [5, 5.41) is 5.26. The number of aryl methyl sites for hydroxylation is 1. The predicted octanol–water partition coefficient (Wildman–Crippen LogP) is -0.00968. The number of nitrogens with one attached hydrogen (secondary N) is 2. The summed E-state index contributed by atoms with van der Waals surface area (Å²) < 4.78 is 0. The number of aromatic nitrogens is 2. The Morgan fingerprint density at radius 2 is 1.83 bits per heavy atom. The zero-order valence-electron chi connectivity index (χ0n) is 6.93. The Morgan fingerprint density at radius 1 is 1.33 bits per heavy atom. The number of carbonyl (C=O) groups excluding carboxylic acids is 2. The molecule has 0 aliphatic rings. The molecule has 0 fully saturated rings. The Labute approximate surface area is 68.8 Å². The van der Waals surface area contributed by atoms with Gasteiger partial charge in [-0.25, -0.2) is 0 Å². The Morgan fingerprint density at radius 3 is 2.00 bits per heavy atom. The van der Waals surface area contributed by atoms with E-state index in [2.05, 4.69) is 10.2 Å². The van der Waals surface area contributed by atoms with E-state index in [1.54, 1.807) is 0 Å². The zero-order valence-corrected chi connectivity index (χ0v) is 6.93. The average Bonchev–Trinajstić information content (AvgIpc) is 2.33. The average molecular weight is 170 g/mol. The summed E-state index contributed by atoms with van der Waals surface area (Å²) in [7, 11) is 0. The Bertz CT molecular complexity index is 318. The first-order valence-electron chi connectivity index (χ1n) is 3.42. The van der Waals surface area contributed by atoms with Crippen molar-refractivity contribution in [1.82, 2.24) is 10.2 Å². The number of hydrogen-bond acceptors (Lipinski definition) is 3. The molecule has 1 aromatic rings. The minimum atomic E-state index is 0.00926. The van der Waals surface area contributed by atoms with Gasteiger partial charge in [-0.1, -0.05) is 6.92 Å². The van der Waals surface area contributed by atoms with Crippen LogP contribution in [0.2, 0.25) is 0 Å². The topological polar surface area (TPSA) is 82.8 Å². The van der Waals surface area contributed by atoms with E-state index in [9.17, 15) is 4.79 Å². The van der Waals surface area contributed by atoms with E-state index in [1.807, 2.05) is 13.8 Å².